The molecule has 22 heavy (non-hydrogen) atoms. The number of carbonyl (C=O) groups excluding carboxylic acids is 2. The number of carbonyl (C=O) groups is 2. The molecule has 1 heterocycles. The molecule has 5 heteroatoms. The number of benzene rings is 2. The molecule has 0 fully saturated rings. The quantitative estimate of drug-likeness (QED) is 0.841. The molecule has 0 saturated carbocycles. The van der Waals surface area contributed by atoms with E-state index < -0.39 is 17.9 Å². The van der Waals surface area contributed by atoms with Crippen LogP contribution in [-0.4, -0.2) is 28.7 Å². The Hall–Kier alpha value is -2.95. The van der Waals surface area contributed by atoms with Gasteiger partial charge >= 0.3 is 0 Å². The fraction of sp³-hybridized carbons (Fsp3) is 0.118. The molecule has 0 aromatic heterocycles. The van der Waals surface area contributed by atoms with Crippen molar-refractivity contribution in [3.05, 3.63) is 65.7 Å². The number of aromatic hydroxyl groups is 1. The third-order valence-corrected chi connectivity index (χ3v) is 3.45. The molecular formula is C17H14N2O3. The normalized spacial score (nSPS) is 17.8. The summed E-state index contributed by atoms with van der Waals surface area (Å²) < 4.78 is 0. The highest BCUT2D eigenvalue weighted by Gasteiger charge is 2.29. The third kappa shape index (κ3) is 2.88. The van der Waals surface area contributed by atoms with Gasteiger partial charge in [0.2, 0.25) is 0 Å². The standard InChI is InChI=1S/C17H14N2O3/c20-13-8-6-12(7-9-13)15-17(22)19-16(21)14(18-15)10-11-4-2-1-3-5-11/h1-9,14,20H,10H2,(H,19,21,22). The van der Waals surface area contributed by atoms with Crippen molar-refractivity contribution in [1.82, 2.24) is 5.32 Å². The first-order chi connectivity index (χ1) is 10.6. The summed E-state index contributed by atoms with van der Waals surface area (Å²) in [6, 6.07) is 15.0. The molecule has 2 aromatic carbocycles. The van der Waals surface area contributed by atoms with E-state index in [2.05, 4.69) is 10.3 Å². The number of phenols is 1. The molecule has 0 bridgehead atoms. The summed E-state index contributed by atoms with van der Waals surface area (Å²) in [5.41, 5.74) is 1.76. The Morgan fingerprint density at radius 1 is 1.00 bits per heavy atom. The van der Waals surface area contributed by atoms with Crippen molar-refractivity contribution >= 4 is 17.5 Å². The van der Waals surface area contributed by atoms with Crippen LogP contribution in [0, 0.1) is 0 Å². The highest BCUT2D eigenvalue weighted by molar-refractivity contribution is 6.48. The van der Waals surface area contributed by atoms with Gasteiger partial charge in [0.05, 0.1) is 0 Å². The van der Waals surface area contributed by atoms with Crippen molar-refractivity contribution in [2.45, 2.75) is 12.5 Å². The summed E-state index contributed by atoms with van der Waals surface area (Å²) in [4.78, 5) is 28.2. The van der Waals surface area contributed by atoms with E-state index in [-0.39, 0.29) is 11.5 Å². The Kier molecular flexibility index (Phi) is 3.70. The molecule has 110 valence electrons. The Labute approximate surface area is 127 Å². The third-order valence-electron chi connectivity index (χ3n) is 3.45. The van der Waals surface area contributed by atoms with Gasteiger partial charge < -0.3 is 5.11 Å². The fourth-order valence-electron chi connectivity index (χ4n) is 2.33. The minimum atomic E-state index is -0.635. The number of nitrogens with one attached hydrogen (secondary N) is 1. The first-order valence-corrected chi connectivity index (χ1v) is 6.90. The molecule has 0 aliphatic carbocycles. The van der Waals surface area contributed by atoms with Crippen LogP contribution in [0.25, 0.3) is 0 Å². The minimum Gasteiger partial charge on any atom is -0.508 e. The lowest BCUT2D eigenvalue weighted by Gasteiger charge is -2.20. The van der Waals surface area contributed by atoms with Crippen molar-refractivity contribution in [2.24, 2.45) is 4.99 Å². The second-order valence-corrected chi connectivity index (χ2v) is 5.05. The molecule has 2 amide bonds. The van der Waals surface area contributed by atoms with E-state index in [1.807, 2.05) is 30.3 Å². The first-order valence-electron chi connectivity index (χ1n) is 6.90. The lowest BCUT2D eigenvalue weighted by atomic mass is 10.0. The Balaban J connectivity index is 1.91. The van der Waals surface area contributed by atoms with E-state index >= 15 is 0 Å². The molecule has 1 aliphatic heterocycles. The van der Waals surface area contributed by atoms with Gasteiger partial charge in [-0.05, 0) is 29.8 Å². The van der Waals surface area contributed by atoms with Gasteiger partial charge in [-0.1, -0.05) is 30.3 Å². The summed E-state index contributed by atoms with van der Waals surface area (Å²) in [5, 5.41) is 11.7. The molecule has 1 aliphatic rings. The van der Waals surface area contributed by atoms with Crippen LogP contribution in [0.2, 0.25) is 0 Å². The van der Waals surface area contributed by atoms with Crippen molar-refractivity contribution in [1.29, 1.82) is 0 Å². The Morgan fingerprint density at radius 3 is 2.36 bits per heavy atom. The first kappa shape index (κ1) is 14.0. The summed E-state index contributed by atoms with van der Waals surface area (Å²) in [6.45, 7) is 0. The molecule has 3 rings (SSSR count). The van der Waals surface area contributed by atoms with Crippen molar-refractivity contribution in [3.8, 4) is 5.75 Å². The second kappa shape index (κ2) is 5.81. The van der Waals surface area contributed by atoms with Crippen LogP contribution in [0.3, 0.4) is 0 Å². The number of hydrogen-bond donors (Lipinski definition) is 2. The van der Waals surface area contributed by atoms with E-state index in [4.69, 9.17) is 0 Å². The predicted molar refractivity (Wildman–Crippen MR) is 81.7 cm³/mol. The largest absolute Gasteiger partial charge is 0.508 e. The molecule has 5 nitrogen and oxygen atoms in total. The van der Waals surface area contributed by atoms with Crippen molar-refractivity contribution < 1.29 is 14.7 Å². The molecule has 1 atom stereocenters. The van der Waals surface area contributed by atoms with Crippen LogP contribution in [-0.2, 0) is 16.0 Å². The van der Waals surface area contributed by atoms with Gasteiger partial charge in [-0.25, -0.2) is 0 Å². The maximum Gasteiger partial charge on any atom is 0.276 e. The molecule has 1 unspecified atom stereocenters. The highest BCUT2D eigenvalue weighted by Crippen LogP contribution is 2.15. The topological polar surface area (TPSA) is 78.8 Å². The molecular weight excluding hydrogens is 280 g/mol. The minimum absolute atomic E-state index is 0.109. The van der Waals surface area contributed by atoms with Crippen LogP contribution in [0.15, 0.2) is 59.6 Å². The summed E-state index contributed by atoms with van der Waals surface area (Å²) in [6.07, 6.45) is 0.432. The maximum atomic E-state index is 12.0. The van der Waals surface area contributed by atoms with Gasteiger partial charge in [0.25, 0.3) is 11.8 Å². The summed E-state index contributed by atoms with van der Waals surface area (Å²) >= 11 is 0. The van der Waals surface area contributed by atoms with Crippen LogP contribution in [0.4, 0.5) is 0 Å². The number of hydrogen-bond acceptors (Lipinski definition) is 4. The maximum absolute atomic E-state index is 12.0. The smallest absolute Gasteiger partial charge is 0.276 e. The van der Waals surface area contributed by atoms with Gasteiger partial charge in [-0.15, -0.1) is 0 Å². The van der Waals surface area contributed by atoms with Crippen LogP contribution >= 0.6 is 0 Å². The van der Waals surface area contributed by atoms with E-state index in [0.29, 0.717) is 12.0 Å². The predicted octanol–water partition coefficient (Wildman–Crippen LogP) is 1.45. The summed E-state index contributed by atoms with van der Waals surface area (Å²) in [5.74, 6) is -0.797. The Bertz CT molecular complexity index is 736. The Morgan fingerprint density at radius 2 is 1.68 bits per heavy atom. The highest BCUT2D eigenvalue weighted by atomic mass is 16.3. The van der Waals surface area contributed by atoms with Gasteiger partial charge in [-0.2, -0.15) is 0 Å². The zero-order valence-electron chi connectivity index (χ0n) is 11.7. The molecule has 0 radical (unpaired) electrons. The molecule has 0 spiro atoms. The van der Waals surface area contributed by atoms with Gasteiger partial charge in [0, 0.05) is 12.0 Å². The average Bonchev–Trinajstić information content (AvgIpc) is 2.52. The van der Waals surface area contributed by atoms with Crippen molar-refractivity contribution in [2.75, 3.05) is 0 Å². The SMILES string of the molecule is O=C1NC(=O)C(Cc2ccccc2)N=C1c1ccc(O)cc1. The lowest BCUT2D eigenvalue weighted by Crippen LogP contribution is -2.47. The van der Waals surface area contributed by atoms with Crippen LogP contribution in [0.5, 0.6) is 5.75 Å². The van der Waals surface area contributed by atoms with E-state index in [1.54, 1.807) is 12.1 Å². The number of amides is 2. The van der Waals surface area contributed by atoms with E-state index in [0.717, 1.165) is 5.56 Å². The number of nitrogens with zero attached hydrogens (tertiary/aromatic N) is 1. The van der Waals surface area contributed by atoms with Crippen LogP contribution in [0.1, 0.15) is 11.1 Å². The summed E-state index contributed by atoms with van der Waals surface area (Å²) in [7, 11) is 0. The van der Waals surface area contributed by atoms with Gasteiger partial charge in [0.1, 0.15) is 17.5 Å². The average molecular weight is 294 g/mol. The molecule has 2 aromatic rings. The zero-order chi connectivity index (χ0) is 15.5. The number of phenolic OH excluding ortho intramolecular Hbond substituents is 1. The second-order valence-electron chi connectivity index (χ2n) is 5.05. The number of aliphatic imine (C=N–C) groups is 1. The van der Waals surface area contributed by atoms with E-state index in [9.17, 15) is 14.7 Å². The number of imide groups is 1. The monoisotopic (exact) mass is 294 g/mol. The van der Waals surface area contributed by atoms with Crippen molar-refractivity contribution in [3.63, 3.8) is 0 Å². The molecule has 2 N–H and O–H groups in total. The lowest BCUT2D eigenvalue weighted by molar-refractivity contribution is -0.128. The van der Waals surface area contributed by atoms with Crippen LogP contribution < -0.4 is 5.32 Å². The van der Waals surface area contributed by atoms with Gasteiger partial charge in [-0.3, -0.25) is 19.9 Å². The number of rotatable bonds is 3. The zero-order valence-corrected chi connectivity index (χ0v) is 11.7. The molecule has 0 saturated heterocycles. The van der Waals surface area contributed by atoms with E-state index in [1.165, 1.54) is 12.1 Å². The fourth-order valence-corrected chi connectivity index (χ4v) is 2.33. The van der Waals surface area contributed by atoms with Gasteiger partial charge in [0.15, 0.2) is 0 Å².